The van der Waals surface area contributed by atoms with E-state index in [9.17, 15) is 8.42 Å². The van der Waals surface area contributed by atoms with E-state index in [0.717, 1.165) is 33.4 Å². The van der Waals surface area contributed by atoms with Crippen LogP contribution in [0.1, 0.15) is 44.8 Å². The number of benzene rings is 2. The van der Waals surface area contributed by atoms with E-state index in [1.807, 2.05) is 34.6 Å². The zero-order chi connectivity index (χ0) is 23.2. The molecule has 0 spiro atoms. The smallest absolute Gasteiger partial charge is 0.123 e. The lowest BCUT2D eigenvalue weighted by molar-refractivity contribution is 0.601. The lowest BCUT2D eigenvalue weighted by Crippen LogP contribution is -2.09. The molecule has 0 N–H and O–H groups in total. The third-order valence-corrected chi connectivity index (χ3v) is 8.37. The molecule has 166 valence electrons. The average Bonchev–Trinajstić information content (AvgIpc) is 2.94. The van der Waals surface area contributed by atoms with Crippen LogP contribution in [0, 0.1) is 48.5 Å². The third kappa shape index (κ3) is 4.21. The monoisotopic (exact) mass is 478 g/mol. The van der Waals surface area contributed by atoms with Crippen LogP contribution in [0.3, 0.4) is 0 Å². The van der Waals surface area contributed by atoms with Gasteiger partial charge in [-0.2, -0.15) is 5.10 Å². The molecule has 0 bridgehead atoms. The maximum Gasteiger partial charge on any atom is 0.123 e. The van der Waals surface area contributed by atoms with Gasteiger partial charge in [0.25, 0.3) is 0 Å². The lowest BCUT2D eigenvalue weighted by atomic mass is 9.95. The van der Waals surface area contributed by atoms with Crippen LogP contribution in [0.2, 0.25) is 10.0 Å². The summed E-state index contributed by atoms with van der Waals surface area (Å²) in [6.07, 6.45) is 0. The summed E-state index contributed by atoms with van der Waals surface area (Å²) in [4.78, 5) is 0.272. The summed E-state index contributed by atoms with van der Waals surface area (Å²) >= 11 is 12.6. The van der Waals surface area contributed by atoms with Gasteiger partial charge in [-0.15, -0.1) is 0 Å². The Kier molecular flexibility index (Phi) is 6.47. The highest BCUT2D eigenvalue weighted by molar-refractivity contribution is 7.94. The number of hydrogen-bond acceptors (Lipinski definition) is 3. The zero-order valence-corrected chi connectivity index (χ0v) is 21.1. The number of hydrogen-bond donors (Lipinski definition) is 0. The third-order valence-electron chi connectivity index (χ3n) is 6.11. The lowest BCUT2D eigenvalue weighted by Gasteiger charge is -2.27. The van der Waals surface area contributed by atoms with E-state index in [1.165, 1.54) is 0 Å². The van der Waals surface area contributed by atoms with Crippen molar-refractivity contribution >= 4 is 38.9 Å². The Morgan fingerprint density at radius 3 is 1.87 bits per heavy atom. The molecular weight excluding hydrogens is 453 g/mol. The van der Waals surface area contributed by atoms with E-state index in [4.69, 9.17) is 23.2 Å². The molecule has 0 unspecified atom stereocenters. The van der Waals surface area contributed by atoms with Crippen LogP contribution in [0.25, 0.3) is 4.72 Å². The van der Waals surface area contributed by atoms with Crippen LogP contribution in [-0.2, 0) is 16.6 Å². The predicted octanol–water partition coefficient (Wildman–Crippen LogP) is 6.79. The second-order valence-electron chi connectivity index (χ2n) is 7.90. The number of halogens is 2. The molecule has 0 fully saturated rings. The van der Waals surface area contributed by atoms with E-state index in [0.29, 0.717) is 33.7 Å². The van der Waals surface area contributed by atoms with Gasteiger partial charge in [0.05, 0.1) is 11.4 Å². The molecular formula is C23H26Cl2N3O2S-. The zero-order valence-electron chi connectivity index (χ0n) is 18.8. The Morgan fingerprint density at radius 1 is 0.871 bits per heavy atom. The van der Waals surface area contributed by atoms with Crippen molar-refractivity contribution in [2.24, 2.45) is 0 Å². The van der Waals surface area contributed by atoms with Crippen LogP contribution in [0.5, 0.6) is 0 Å². The normalized spacial score (nSPS) is 11.8. The van der Waals surface area contributed by atoms with Crippen LogP contribution in [0.15, 0.2) is 23.1 Å². The summed E-state index contributed by atoms with van der Waals surface area (Å²) in [5, 5.41) is 5.56. The SMILES string of the molecule is Cc1nn(Cc2c(Cl)cccc2Cl)c(C)c1[N-]S(=O)(=O)c1c(C)c(C)c(C)c(C)c1C. The highest BCUT2D eigenvalue weighted by Gasteiger charge is 2.20. The van der Waals surface area contributed by atoms with Gasteiger partial charge in [0.15, 0.2) is 0 Å². The van der Waals surface area contributed by atoms with E-state index < -0.39 is 10.0 Å². The number of aromatic nitrogens is 2. The van der Waals surface area contributed by atoms with Crippen molar-refractivity contribution in [3.05, 3.63) is 77.7 Å². The number of sulfonamides is 1. The maximum absolute atomic E-state index is 13.4. The quantitative estimate of drug-likeness (QED) is 0.405. The first kappa shape index (κ1) is 23.6. The molecule has 0 saturated heterocycles. The summed E-state index contributed by atoms with van der Waals surface area (Å²) in [6.45, 7) is 13.4. The van der Waals surface area contributed by atoms with E-state index in [1.54, 1.807) is 36.7 Å². The Hall–Kier alpha value is -2.02. The van der Waals surface area contributed by atoms with Gasteiger partial charge in [0.2, 0.25) is 0 Å². The summed E-state index contributed by atoms with van der Waals surface area (Å²) in [5.74, 6) is 0. The van der Waals surface area contributed by atoms with Gasteiger partial charge in [-0.1, -0.05) is 35.0 Å². The van der Waals surface area contributed by atoms with Crippen molar-refractivity contribution in [2.45, 2.75) is 59.9 Å². The molecule has 2 aromatic carbocycles. The molecule has 3 aromatic rings. The highest BCUT2D eigenvalue weighted by Crippen LogP contribution is 2.38. The minimum Gasteiger partial charge on any atom is -0.570 e. The Balaban J connectivity index is 2.05. The summed E-state index contributed by atoms with van der Waals surface area (Å²) in [7, 11) is -3.94. The first-order chi connectivity index (χ1) is 14.4. The van der Waals surface area contributed by atoms with Crippen molar-refractivity contribution in [2.75, 3.05) is 0 Å². The predicted molar refractivity (Wildman–Crippen MR) is 128 cm³/mol. The highest BCUT2D eigenvalue weighted by atomic mass is 35.5. The van der Waals surface area contributed by atoms with Gasteiger partial charge in [0.1, 0.15) is 10.0 Å². The van der Waals surface area contributed by atoms with Gasteiger partial charge in [0, 0.05) is 27.0 Å². The van der Waals surface area contributed by atoms with E-state index in [2.05, 4.69) is 9.82 Å². The maximum atomic E-state index is 13.4. The van der Waals surface area contributed by atoms with E-state index >= 15 is 0 Å². The Morgan fingerprint density at radius 2 is 1.35 bits per heavy atom. The molecule has 0 aliphatic rings. The number of rotatable bonds is 5. The van der Waals surface area contributed by atoms with Crippen molar-refractivity contribution in [3.8, 4) is 0 Å². The molecule has 8 heteroatoms. The Bertz CT molecular complexity index is 1250. The molecule has 5 nitrogen and oxygen atoms in total. The van der Waals surface area contributed by atoms with Gasteiger partial charge in [-0.3, -0.25) is 4.68 Å². The van der Waals surface area contributed by atoms with Gasteiger partial charge < -0.3 is 4.72 Å². The van der Waals surface area contributed by atoms with Crippen LogP contribution >= 0.6 is 23.2 Å². The fourth-order valence-electron chi connectivity index (χ4n) is 3.83. The second kappa shape index (κ2) is 8.49. The van der Waals surface area contributed by atoms with Crippen molar-refractivity contribution in [3.63, 3.8) is 0 Å². The van der Waals surface area contributed by atoms with Gasteiger partial charge >= 0.3 is 0 Å². The summed E-state index contributed by atoms with van der Waals surface area (Å²) in [6, 6.07) is 5.30. The van der Waals surface area contributed by atoms with Crippen molar-refractivity contribution in [1.29, 1.82) is 0 Å². The van der Waals surface area contributed by atoms with E-state index in [-0.39, 0.29) is 4.90 Å². The van der Waals surface area contributed by atoms with Crippen LogP contribution in [-0.4, -0.2) is 18.2 Å². The second-order valence-corrected chi connectivity index (χ2v) is 10.3. The first-order valence-corrected chi connectivity index (χ1v) is 12.1. The molecule has 0 aliphatic heterocycles. The molecule has 0 aliphatic carbocycles. The first-order valence-electron chi connectivity index (χ1n) is 9.88. The van der Waals surface area contributed by atoms with Crippen molar-refractivity contribution in [1.82, 2.24) is 9.78 Å². The molecule has 1 heterocycles. The molecule has 0 saturated carbocycles. The van der Waals surface area contributed by atoms with Crippen LogP contribution < -0.4 is 0 Å². The number of nitrogens with zero attached hydrogens (tertiary/aromatic N) is 3. The van der Waals surface area contributed by atoms with Crippen molar-refractivity contribution < 1.29 is 8.42 Å². The van der Waals surface area contributed by atoms with Gasteiger partial charge in [-0.25, -0.2) is 8.42 Å². The fourth-order valence-corrected chi connectivity index (χ4v) is 6.02. The molecule has 3 rings (SSSR count). The molecule has 31 heavy (non-hydrogen) atoms. The van der Waals surface area contributed by atoms with Crippen LogP contribution in [0.4, 0.5) is 5.69 Å². The molecule has 0 radical (unpaired) electrons. The topological polar surface area (TPSA) is 66.1 Å². The molecule has 0 amide bonds. The minimum absolute atomic E-state index is 0.272. The summed E-state index contributed by atoms with van der Waals surface area (Å²) in [5.41, 5.74) is 6.73. The van der Waals surface area contributed by atoms with Gasteiger partial charge in [-0.05, 0) is 88.4 Å². The average molecular weight is 479 g/mol. The fraction of sp³-hybridized carbons (Fsp3) is 0.348. The minimum atomic E-state index is -3.94. The number of aryl methyl sites for hydroxylation is 1. The largest absolute Gasteiger partial charge is 0.570 e. The molecule has 1 aromatic heterocycles. The summed E-state index contributed by atoms with van der Waals surface area (Å²) < 4.78 is 32.7. The Labute approximate surface area is 194 Å². The molecule has 0 atom stereocenters. The standard InChI is InChI=1S/C23H26Cl2N3O2S/c1-12-13(2)15(4)23(16(5)14(12)3)31(29,30)27-22-17(6)26-28(18(22)7)11-19-20(24)9-8-10-21(19)25/h8-10H,11H2,1-7H3/q-1.